The molecule has 3 aromatic rings. The number of benzene rings is 2. The average Bonchev–Trinajstić information content (AvgIpc) is 3.17. The van der Waals surface area contributed by atoms with E-state index >= 15 is 0 Å². The van der Waals surface area contributed by atoms with Crippen LogP contribution < -0.4 is 4.90 Å². The number of amides is 1. The summed E-state index contributed by atoms with van der Waals surface area (Å²) in [6, 6.07) is 13.3. The molecular formula is C19H18N4O2. The van der Waals surface area contributed by atoms with Crippen molar-refractivity contribution >= 4 is 28.5 Å². The number of aryl methyl sites for hydroxylation is 2. The number of para-hydroxylation sites is 1. The topological polar surface area (TPSA) is 68.1 Å². The van der Waals surface area contributed by atoms with Crippen molar-refractivity contribution in [2.75, 3.05) is 11.4 Å². The van der Waals surface area contributed by atoms with Gasteiger partial charge in [-0.3, -0.25) is 9.59 Å². The molecule has 6 nitrogen and oxygen atoms in total. The lowest BCUT2D eigenvalue weighted by Gasteiger charge is -2.18. The molecule has 1 aromatic heterocycles. The first-order valence-electron chi connectivity index (χ1n) is 8.26. The van der Waals surface area contributed by atoms with Gasteiger partial charge in [-0.25, -0.2) is 0 Å². The molecule has 1 aliphatic rings. The number of nitrogens with zero attached hydrogens (tertiary/aromatic N) is 4. The quantitative estimate of drug-likeness (QED) is 0.723. The monoisotopic (exact) mass is 334 g/mol. The van der Waals surface area contributed by atoms with Gasteiger partial charge in [0.1, 0.15) is 5.52 Å². The maximum atomic E-state index is 12.9. The molecule has 2 heterocycles. The molecular weight excluding hydrogens is 316 g/mol. The summed E-state index contributed by atoms with van der Waals surface area (Å²) in [6.45, 7) is 4.37. The second-order valence-corrected chi connectivity index (χ2v) is 6.58. The number of carbonyl (C=O) groups is 2. The molecule has 0 spiro atoms. The van der Waals surface area contributed by atoms with Crippen molar-refractivity contribution in [3.05, 3.63) is 53.6 Å². The number of hydrogen-bond acceptors (Lipinski definition) is 4. The molecule has 2 aromatic carbocycles. The van der Waals surface area contributed by atoms with E-state index < -0.39 is 5.92 Å². The van der Waals surface area contributed by atoms with Crippen LogP contribution in [0.25, 0.3) is 11.0 Å². The maximum absolute atomic E-state index is 12.9. The molecule has 1 amide bonds. The Labute approximate surface area is 145 Å². The molecule has 0 bridgehead atoms. The molecule has 0 N–H and O–H groups in total. The third-order valence-corrected chi connectivity index (χ3v) is 4.55. The summed E-state index contributed by atoms with van der Waals surface area (Å²) < 4.78 is 1.32. The minimum Gasteiger partial charge on any atom is -0.312 e. The molecule has 6 heteroatoms. The zero-order valence-electron chi connectivity index (χ0n) is 14.1. The van der Waals surface area contributed by atoms with Crippen molar-refractivity contribution in [2.45, 2.75) is 20.3 Å². The van der Waals surface area contributed by atoms with Gasteiger partial charge >= 0.3 is 0 Å². The number of carbonyl (C=O) groups excluding carboxylic acids is 2. The minimum atomic E-state index is -0.418. The second-order valence-electron chi connectivity index (χ2n) is 6.58. The molecule has 1 atom stereocenters. The van der Waals surface area contributed by atoms with E-state index in [2.05, 4.69) is 16.4 Å². The summed E-state index contributed by atoms with van der Waals surface area (Å²) in [6.07, 6.45) is 0.194. The highest BCUT2D eigenvalue weighted by atomic mass is 16.2. The predicted molar refractivity (Wildman–Crippen MR) is 94.5 cm³/mol. The summed E-state index contributed by atoms with van der Waals surface area (Å²) in [5.74, 6) is -0.639. The van der Waals surface area contributed by atoms with Gasteiger partial charge in [-0.2, -0.15) is 4.68 Å². The summed E-state index contributed by atoms with van der Waals surface area (Å²) in [5.41, 5.74) is 4.39. The number of hydrogen-bond donors (Lipinski definition) is 0. The lowest BCUT2D eigenvalue weighted by molar-refractivity contribution is -0.117. The third-order valence-electron chi connectivity index (χ3n) is 4.55. The SMILES string of the molecule is Cc1cc(C)cc(N2CC(C(=O)n3nnc4ccccc43)CC2=O)c1. The lowest BCUT2D eigenvalue weighted by atomic mass is 10.1. The zero-order chi connectivity index (χ0) is 17.6. The summed E-state index contributed by atoms with van der Waals surface area (Å²) in [5, 5.41) is 8.00. The van der Waals surface area contributed by atoms with E-state index in [-0.39, 0.29) is 18.2 Å². The van der Waals surface area contributed by atoms with Gasteiger partial charge in [-0.15, -0.1) is 5.10 Å². The van der Waals surface area contributed by atoms with Gasteiger partial charge < -0.3 is 4.90 Å². The zero-order valence-corrected chi connectivity index (χ0v) is 14.1. The van der Waals surface area contributed by atoms with Crippen LogP contribution in [0.2, 0.25) is 0 Å². The van der Waals surface area contributed by atoms with Crippen molar-refractivity contribution in [1.29, 1.82) is 0 Å². The maximum Gasteiger partial charge on any atom is 0.254 e. The van der Waals surface area contributed by atoms with Crippen LogP contribution >= 0.6 is 0 Å². The number of aromatic nitrogens is 3. The van der Waals surface area contributed by atoms with Crippen LogP contribution in [-0.2, 0) is 4.79 Å². The standard InChI is InChI=1S/C19H18N4O2/c1-12-7-13(2)9-15(8-12)22-11-14(10-18(22)24)19(25)23-17-6-4-3-5-16(17)20-21-23/h3-9,14H,10-11H2,1-2H3. The van der Waals surface area contributed by atoms with Crippen molar-refractivity contribution in [3.63, 3.8) is 0 Å². The van der Waals surface area contributed by atoms with Crippen molar-refractivity contribution < 1.29 is 9.59 Å². The van der Waals surface area contributed by atoms with Crippen LogP contribution in [0.1, 0.15) is 22.3 Å². The van der Waals surface area contributed by atoms with Gasteiger partial charge in [0.15, 0.2) is 0 Å². The van der Waals surface area contributed by atoms with Gasteiger partial charge in [-0.1, -0.05) is 23.4 Å². The lowest BCUT2D eigenvalue weighted by Crippen LogP contribution is -2.28. The molecule has 1 saturated heterocycles. The number of rotatable bonds is 2. The third kappa shape index (κ3) is 2.69. The first-order valence-corrected chi connectivity index (χ1v) is 8.26. The summed E-state index contributed by atoms with van der Waals surface area (Å²) in [4.78, 5) is 27.0. The first-order chi connectivity index (χ1) is 12.0. The van der Waals surface area contributed by atoms with E-state index in [0.717, 1.165) is 16.8 Å². The molecule has 0 saturated carbocycles. The molecule has 1 aliphatic heterocycles. The normalized spacial score (nSPS) is 17.4. The fourth-order valence-corrected chi connectivity index (χ4v) is 3.43. The van der Waals surface area contributed by atoms with E-state index in [0.29, 0.717) is 17.6 Å². The van der Waals surface area contributed by atoms with Crippen molar-refractivity contribution in [2.24, 2.45) is 5.92 Å². The Bertz CT molecular complexity index is 972. The highest BCUT2D eigenvalue weighted by molar-refractivity contribution is 6.02. The smallest absolute Gasteiger partial charge is 0.254 e. The van der Waals surface area contributed by atoms with Crippen LogP contribution in [0.4, 0.5) is 5.69 Å². The molecule has 0 radical (unpaired) electrons. The Hall–Kier alpha value is -3.02. The van der Waals surface area contributed by atoms with Crippen molar-refractivity contribution in [1.82, 2.24) is 15.0 Å². The Morgan fingerprint density at radius 3 is 2.60 bits per heavy atom. The van der Waals surface area contributed by atoms with Crippen LogP contribution in [0.15, 0.2) is 42.5 Å². The average molecular weight is 334 g/mol. The van der Waals surface area contributed by atoms with Gasteiger partial charge in [0.25, 0.3) is 5.91 Å². The molecule has 0 aliphatic carbocycles. The van der Waals surface area contributed by atoms with Gasteiger partial charge in [0.05, 0.1) is 11.4 Å². The van der Waals surface area contributed by atoms with Crippen molar-refractivity contribution in [3.8, 4) is 0 Å². The van der Waals surface area contributed by atoms with E-state index in [1.807, 2.05) is 50.2 Å². The number of anilines is 1. The molecule has 1 unspecified atom stereocenters. The highest BCUT2D eigenvalue weighted by Gasteiger charge is 2.36. The first kappa shape index (κ1) is 15.5. The summed E-state index contributed by atoms with van der Waals surface area (Å²) in [7, 11) is 0. The fourth-order valence-electron chi connectivity index (χ4n) is 3.43. The minimum absolute atomic E-state index is 0.0345. The Balaban J connectivity index is 1.62. The van der Waals surface area contributed by atoms with Crippen LogP contribution in [0.3, 0.4) is 0 Å². The van der Waals surface area contributed by atoms with Crippen LogP contribution in [0.5, 0.6) is 0 Å². The van der Waals surface area contributed by atoms with Crippen LogP contribution in [-0.4, -0.2) is 33.4 Å². The fraction of sp³-hybridized carbons (Fsp3) is 0.263. The molecule has 4 rings (SSSR count). The van der Waals surface area contributed by atoms with E-state index in [1.54, 1.807) is 4.90 Å². The van der Waals surface area contributed by atoms with E-state index in [9.17, 15) is 9.59 Å². The number of fused-ring (bicyclic) bond motifs is 1. The molecule has 1 fully saturated rings. The van der Waals surface area contributed by atoms with E-state index in [4.69, 9.17) is 0 Å². The van der Waals surface area contributed by atoms with Gasteiger partial charge in [-0.05, 0) is 49.2 Å². The second kappa shape index (κ2) is 5.81. The molecule has 126 valence electrons. The Morgan fingerprint density at radius 2 is 1.84 bits per heavy atom. The van der Waals surface area contributed by atoms with Gasteiger partial charge in [0.2, 0.25) is 5.91 Å². The summed E-state index contributed by atoms with van der Waals surface area (Å²) >= 11 is 0. The molecule has 25 heavy (non-hydrogen) atoms. The van der Waals surface area contributed by atoms with E-state index in [1.165, 1.54) is 4.68 Å². The Kier molecular flexibility index (Phi) is 3.60. The highest BCUT2D eigenvalue weighted by Crippen LogP contribution is 2.28. The Morgan fingerprint density at radius 1 is 1.12 bits per heavy atom. The largest absolute Gasteiger partial charge is 0.312 e. The van der Waals surface area contributed by atoms with Gasteiger partial charge in [0, 0.05) is 18.7 Å². The van der Waals surface area contributed by atoms with Crippen LogP contribution in [0, 0.1) is 19.8 Å². The predicted octanol–water partition coefficient (Wildman–Crippen LogP) is 2.74.